The molecule has 146 valence electrons. The van der Waals surface area contributed by atoms with Crippen molar-refractivity contribution in [3.63, 3.8) is 0 Å². The number of benzene rings is 2. The van der Waals surface area contributed by atoms with Gasteiger partial charge < -0.3 is 10.0 Å². The van der Waals surface area contributed by atoms with E-state index in [2.05, 4.69) is 15.5 Å². The maximum atomic E-state index is 13.5. The van der Waals surface area contributed by atoms with Gasteiger partial charge in [0.25, 0.3) is 0 Å². The predicted octanol–water partition coefficient (Wildman–Crippen LogP) is 3.50. The first-order valence-corrected chi connectivity index (χ1v) is 8.74. The third-order valence-electron chi connectivity index (χ3n) is 5.09. The Bertz CT molecular complexity index is 1020. The second-order valence-corrected chi connectivity index (χ2v) is 6.82. The summed E-state index contributed by atoms with van der Waals surface area (Å²) >= 11 is 0. The highest BCUT2D eigenvalue weighted by molar-refractivity contribution is 5.98. The molecule has 1 aliphatic heterocycles. The van der Waals surface area contributed by atoms with Crippen LogP contribution in [-0.2, 0) is 5.60 Å². The Morgan fingerprint density at radius 3 is 2.46 bits per heavy atom. The average Bonchev–Trinajstić information content (AvgIpc) is 3.09. The maximum Gasteiger partial charge on any atom is 0.323 e. The Balaban J connectivity index is 1.45. The zero-order chi connectivity index (χ0) is 19.9. The van der Waals surface area contributed by atoms with E-state index in [1.54, 1.807) is 0 Å². The molecule has 0 radical (unpaired) electrons. The molecule has 0 saturated carbocycles. The van der Waals surface area contributed by atoms with E-state index in [1.807, 2.05) is 24.3 Å². The summed E-state index contributed by atoms with van der Waals surface area (Å²) in [6, 6.07) is 8.53. The van der Waals surface area contributed by atoms with E-state index in [-0.39, 0.29) is 31.5 Å². The number of carbonyl (C=O) groups is 1. The molecule has 0 aliphatic carbocycles. The summed E-state index contributed by atoms with van der Waals surface area (Å²) in [5.74, 6) is -3.89. The molecule has 1 aromatic heterocycles. The van der Waals surface area contributed by atoms with Gasteiger partial charge in [0.1, 0.15) is 0 Å². The number of rotatable bonds is 2. The second kappa shape index (κ2) is 6.83. The monoisotopic (exact) mass is 390 g/mol. The van der Waals surface area contributed by atoms with Crippen LogP contribution >= 0.6 is 0 Å². The van der Waals surface area contributed by atoms with E-state index in [4.69, 9.17) is 0 Å². The van der Waals surface area contributed by atoms with Crippen molar-refractivity contribution in [2.75, 3.05) is 18.4 Å². The lowest BCUT2D eigenvalue weighted by atomic mass is 9.84. The highest BCUT2D eigenvalue weighted by atomic mass is 19.2. The van der Waals surface area contributed by atoms with Gasteiger partial charge in [-0.25, -0.2) is 18.0 Å². The van der Waals surface area contributed by atoms with E-state index < -0.39 is 29.1 Å². The number of aromatic nitrogens is 2. The van der Waals surface area contributed by atoms with Crippen LogP contribution in [0.25, 0.3) is 10.9 Å². The molecule has 0 bridgehead atoms. The summed E-state index contributed by atoms with van der Waals surface area (Å²) in [4.78, 5) is 14.0. The molecule has 6 nitrogen and oxygen atoms in total. The molecule has 1 fully saturated rings. The zero-order valence-electron chi connectivity index (χ0n) is 14.7. The van der Waals surface area contributed by atoms with Gasteiger partial charge in [0.05, 0.1) is 11.1 Å². The van der Waals surface area contributed by atoms with Crippen LogP contribution in [0.2, 0.25) is 0 Å². The lowest BCUT2D eigenvalue weighted by molar-refractivity contribution is -0.0162. The number of amides is 2. The molecule has 28 heavy (non-hydrogen) atoms. The van der Waals surface area contributed by atoms with Crippen LogP contribution < -0.4 is 5.32 Å². The number of halogens is 3. The van der Waals surface area contributed by atoms with Crippen LogP contribution in [0.5, 0.6) is 0 Å². The van der Waals surface area contributed by atoms with E-state index in [0.717, 1.165) is 23.0 Å². The van der Waals surface area contributed by atoms with Gasteiger partial charge >= 0.3 is 6.03 Å². The summed E-state index contributed by atoms with van der Waals surface area (Å²) in [5, 5.41) is 21.1. The van der Waals surface area contributed by atoms with Crippen LogP contribution in [-0.4, -0.2) is 39.3 Å². The van der Waals surface area contributed by atoms with E-state index in [9.17, 15) is 23.1 Å². The van der Waals surface area contributed by atoms with Gasteiger partial charge in [-0.15, -0.1) is 0 Å². The summed E-state index contributed by atoms with van der Waals surface area (Å²) in [5.41, 5.74) is -0.793. The number of carbonyl (C=O) groups excluding carboxylic acids is 1. The lowest BCUT2D eigenvalue weighted by Gasteiger charge is -2.38. The fraction of sp³-hybridized carbons (Fsp3) is 0.263. The molecule has 1 saturated heterocycles. The smallest absolute Gasteiger partial charge is 0.323 e. The van der Waals surface area contributed by atoms with Crippen LogP contribution in [0.4, 0.5) is 23.8 Å². The lowest BCUT2D eigenvalue weighted by Crippen LogP contribution is -2.46. The van der Waals surface area contributed by atoms with Crippen molar-refractivity contribution in [3.8, 4) is 0 Å². The Morgan fingerprint density at radius 1 is 1.14 bits per heavy atom. The minimum Gasteiger partial charge on any atom is -0.385 e. The van der Waals surface area contributed by atoms with Crippen LogP contribution in [0.1, 0.15) is 18.4 Å². The van der Waals surface area contributed by atoms with Gasteiger partial charge in [0.2, 0.25) is 0 Å². The number of nitrogens with one attached hydrogen (secondary N) is 2. The maximum absolute atomic E-state index is 13.5. The molecule has 3 aromatic rings. The minimum absolute atomic E-state index is 0.0396. The van der Waals surface area contributed by atoms with Crippen molar-refractivity contribution in [1.82, 2.24) is 15.1 Å². The quantitative estimate of drug-likeness (QED) is 0.586. The fourth-order valence-electron chi connectivity index (χ4n) is 3.43. The molecule has 1 aliphatic rings. The molecule has 0 spiro atoms. The first-order chi connectivity index (χ1) is 13.4. The van der Waals surface area contributed by atoms with Crippen LogP contribution in [0.15, 0.2) is 36.4 Å². The summed E-state index contributed by atoms with van der Waals surface area (Å²) in [6.45, 7) is 0.316. The number of likely N-dealkylation sites (tertiary alicyclic amines) is 1. The second-order valence-electron chi connectivity index (χ2n) is 6.82. The number of nitrogens with zero attached hydrogens (tertiary/aromatic N) is 2. The number of H-pyrrole nitrogens is 1. The summed E-state index contributed by atoms with van der Waals surface area (Å²) < 4.78 is 40.2. The number of para-hydroxylation sites is 1. The number of fused-ring (bicyclic) bond motifs is 1. The number of hydrogen-bond donors (Lipinski definition) is 3. The first-order valence-electron chi connectivity index (χ1n) is 8.74. The first kappa shape index (κ1) is 18.3. The molecular weight excluding hydrogens is 373 g/mol. The van der Waals surface area contributed by atoms with Gasteiger partial charge in [-0.3, -0.25) is 10.4 Å². The van der Waals surface area contributed by atoms with Crippen molar-refractivity contribution >= 4 is 22.8 Å². The van der Waals surface area contributed by atoms with E-state index >= 15 is 0 Å². The molecule has 2 amide bonds. The Morgan fingerprint density at radius 2 is 1.79 bits per heavy atom. The van der Waals surface area contributed by atoms with Crippen molar-refractivity contribution in [3.05, 3.63) is 59.4 Å². The van der Waals surface area contributed by atoms with Gasteiger partial charge in [-0.1, -0.05) is 12.1 Å². The molecule has 9 heteroatoms. The molecule has 0 unspecified atom stereocenters. The van der Waals surface area contributed by atoms with E-state index in [0.29, 0.717) is 5.82 Å². The molecule has 2 aromatic carbocycles. The average molecular weight is 390 g/mol. The topological polar surface area (TPSA) is 81.2 Å². The van der Waals surface area contributed by atoms with Crippen molar-refractivity contribution in [2.45, 2.75) is 18.4 Å². The zero-order valence-corrected chi connectivity index (χ0v) is 14.7. The molecular formula is C19H17F3N4O2. The highest BCUT2D eigenvalue weighted by Gasteiger charge is 2.37. The van der Waals surface area contributed by atoms with Crippen LogP contribution in [0.3, 0.4) is 0 Å². The highest BCUT2D eigenvalue weighted by Crippen LogP contribution is 2.34. The molecule has 4 rings (SSSR count). The number of anilines is 1. The number of piperidine rings is 1. The van der Waals surface area contributed by atoms with Crippen molar-refractivity contribution in [2.24, 2.45) is 0 Å². The number of hydrogen-bond acceptors (Lipinski definition) is 3. The third-order valence-corrected chi connectivity index (χ3v) is 5.09. The van der Waals surface area contributed by atoms with Crippen molar-refractivity contribution < 1.29 is 23.1 Å². The summed E-state index contributed by atoms with van der Waals surface area (Å²) in [7, 11) is 0. The number of urea groups is 1. The molecule has 0 atom stereocenters. The van der Waals surface area contributed by atoms with E-state index in [1.165, 1.54) is 4.90 Å². The van der Waals surface area contributed by atoms with Gasteiger partial charge in [-0.2, -0.15) is 5.10 Å². The molecule has 2 heterocycles. The Kier molecular flexibility index (Phi) is 4.46. The van der Waals surface area contributed by atoms with Gasteiger partial charge in [-0.05, 0) is 42.7 Å². The van der Waals surface area contributed by atoms with Crippen LogP contribution in [0, 0.1) is 17.5 Å². The predicted molar refractivity (Wildman–Crippen MR) is 96.1 cm³/mol. The van der Waals surface area contributed by atoms with Gasteiger partial charge in [0.15, 0.2) is 23.3 Å². The number of aliphatic hydroxyl groups is 1. The standard InChI is InChI=1S/C19H17F3N4O2/c20-13-9-11(10-14(21)16(13)22)19(28)5-7-26(8-6-19)18(27)23-17-12-3-1-2-4-15(12)24-25-17/h1-4,9-10,28H,5-8H2,(H2,23,24,25,27). The number of aromatic amines is 1. The Labute approximate surface area is 158 Å². The SMILES string of the molecule is O=C(Nc1n[nH]c2ccccc12)N1CCC(O)(c2cc(F)c(F)c(F)c2)CC1. The summed E-state index contributed by atoms with van der Waals surface area (Å²) in [6.07, 6.45) is 0.124. The third kappa shape index (κ3) is 3.18. The van der Waals surface area contributed by atoms with Gasteiger partial charge in [0, 0.05) is 18.5 Å². The normalized spacial score (nSPS) is 16.4. The largest absolute Gasteiger partial charge is 0.385 e. The molecule has 3 N–H and O–H groups in total. The minimum atomic E-state index is -1.57. The fourth-order valence-corrected chi connectivity index (χ4v) is 3.43. The van der Waals surface area contributed by atoms with Crippen molar-refractivity contribution in [1.29, 1.82) is 0 Å². The Hall–Kier alpha value is -3.07.